The molecule has 1 saturated heterocycles. The van der Waals surface area contributed by atoms with Gasteiger partial charge in [0.25, 0.3) is 0 Å². The first-order chi connectivity index (χ1) is 17.7. The number of hydrogen-bond acceptors (Lipinski definition) is 5. The third kappa shape index (κ3) is 5.09. The number of anilines is 1. The number of nitrogens with one attached hydrogen (secondary N) is 1. The molecule has 3 aromatic rings. The summed E-state index contributed by atoms with van der Waals surface area (Å²) < 4.78 is 24.4. The molecule has 0 amide bonds. The first-order valence-electron chi connectivity index (χ1n) is 12.4. The van der Waals surface area contributed by atoms with Crippen LogP contribution < -0.4 is 26.1 Å². The number of aliphatic imine (C=N–C) groups is 1. The monoisotopic (exact) mass is 589 g/mol. The Balaban J connectivity index is 1.64. The van der Waals surface area contributed by atoms with Crippen LogP contribution >= 0.6 is 27.5 Å². The van der Waals surface area contributed by atoms with E-state index in [1.54, 1.807) is 18.3 Å². The predicted octanol–water partition coefficient (Wildman–Crippen LogP) is 4.99. The van der Waals surface area contributed by atoms with Gasteiger partial charge in [-0.15, -0.1) is 0 Å². The Morgan fingerprint density at radius 1 is 1.27 bits per heavy atom. The molecule has 1 aromatic heterocycles. The number of halogens is 3. The maximum Gasteiger partial charge on any atom is 0.200 e. The van der Waals surface area contributed by atoms with Crippen LogP contribution in [0.4, 0.5) is 10.1 Å². The van der Waals surface area contributed by atoms with Crippen LogP contribution in [0.5, 0.6) is 5.75 Å². The van der Waals surface area contributed by atoms with Gasteiger partial charge in [-0.1, -0.05) is 33.6 Å². The van der Waals surface area contributed by atoms with Crippen LogP contribution in [-0.2, 0) is 6.54 Å². The minimum Gasteiger partial charge on any atom is -0.492 e. The van der Waals surface area contributed by atoms with Crippen molar-refractivity contribution in [1.29, 1.82) is 0 Å². The van der Waals surface area contributed by atoms with Crippen LogP contribution in [0.15, 0.2) is 44.7 Å². The second-order valence-electron chi connectivity index (χ2n) is 9.96. The molecule has 5 rings (SSSR count). The van der Waals surface area contributed by atoms with E-state index in [4.69, 9.17) is 22.1 Å². The summed E-state index contributed by atoms with van der Waals surface area (Å²) >= 11 is 9.52. The standard InChI is InChI=1S/C27H30BrClFN5O2/c1-14-11-34(12-15(2)33-14)24-22(30)9-19-23(26(24)37-3)35(18-6-7-18)13-20(25(19)36)27(31)32-10-16-4-5-17(29)8-21(16)28/h4-5,8-9,13-15,18,33H,6-7,10-12H2,1-3H3,(H2,31,32). The van der Waals surface area contributed by atoms with Crippen molar-refractivity contribution in [2.24, 2.45) is 10.7 Å². The summed E-state index contributed by atoms with van der Waals surface area (Å²) in [5.74, 6) is 0.00617. The number of rotatable bonds is 6. The van der Waals surface area contributed by atoms with Crippen LogP contribution in [-0.4, -0.2) is 42.7 Å². The van der Waals surface area contributed by atoms with Gasteiger partial charge in [-0.3, -0.25) is 9.79 Å². The lowest BCUT2D eigenvalue weighted by molar-refractivity contribution is 0.387. The molecule has 196 valence electrons. The highest BCUT2D eigenvalue weighted by molar-refractivity contribution is 9.10. The molecule has 3 N–H and O–H groups in total. The number of hydrogen-bond donors (Lipinski definition) is 2. The summed E-state index contributed by atoms with van der Waals surface area (Å²) in [6.45, 7) is 5.68. The summed E-state index contributed by atoms with van der Waals surface area (Å²) in [5, 5.41) is 4.32. The van der Waals surface area contributed by atoms with Gasteiger partial charge in [0.1, 0.15) is 11.5 Å². The fraction of sp³-hybridized carbons (Fsp3) is 0.407. The van der Waals surface area contributed by atoms with Crippen molar-refractivity contribution in [3.8, 4) is 5.75 Å². The van der Waals surface area contributed by atoms with E-state index >= 15 is 4.39 Å². The number of nitrogens with zero attached hydrogens (tertiary/aromatic N) is 3. The number of amidine groups is 1. The Kier molecular flexibility index (Phi) is 7.22. The fourth-order valence-corrected chi connectivity index (χ4v) is 5.98. The normalized spacial score (nSPS) is 20.5. The second-order valence-corrected chi connectivity index (χ2v) is 11.2. The molecule has 0 spiro atoms. The van der Waals surface area contributed by atoms with E-state index in [-0.39, 0.29) is 46.9 Å². The highest BCUT2D eigenvalue weighted by Gasteiger charge is 2.32. The molecular weight excluding hydrogens is 561 g/mol. The summed E-state index contributed by atoms with van der Waals surface area (Å²) in [4.78, 5) is 20.1. The molecule has 7 nitrogen and oxygen atoms in total. The zero-order valence-electron chi connectivity index (χ0n) is 21.0. The van der Waals surface area contributed by atoms with Crippen molar-refractivity contribution in [2.75, 3.05) is 25.1 Å². The van der Waals surface area contributed by atoms with Gasteiger partial charge in [0.05, 0.1) is 30.1 Å². The van der Waals surface area contributed by atoms with Crippen molar-refractivity contribution in [3.05, 3.63) is 67.1 Å². The van der Waals surface area contributed by atoms with E-state index in [9.17, 15) is 4.79 Å². The second kappa shape index (κ2) is 10.3. The summed E-state index contributed by atoms with van der Waals surface area (Å²) in [5.41, 5.74) is 8.11. The van der Waals surface area contributed by atoms with Crippen LogP contribution in [0.3, 0.4) is 0 Å². The zero-order valence-corrected chi connectivity index (χ0v) is 23.4. The molecule has 1 saturated carbocycles. The van der Waals surface area contributed by atoms with Crippen LogP contribution in [0, 0.1) is 5.82 Å². The van der Waals surface area contributed by atoms with E-state index in [1.807, 2.05) is 15.5 Å². The number of aromatic nitrogens is 1. The lowest BCUT2D eigenvalue weighted by atomic mass is 10.1. The first-order valence-corrected chi connectivity index (χ1v) is 13.6. The summed E-state index contributed by atoms with van der Waals surface area (Å²) in [7, 11) is 1.53. The van der Waals surface area contributed by atoms with E-state index in [0.29, 0.717) is 35.1 Å². The van der Waals surface area contributed by atoms with Crippen LogP contribution in [0.1, 0.15) is 43.9 Å². The topological polar surface area (TPSA) is 84.9 Å². The lowest BCUT2D eigenvalue weighted by Crippen LogP contribution is -2.54. The van der Waals surface area contributed by atoms with Gasteiger partial charge in [0.15, 0.2) is 11.6 Å². The number of piperazine rings is 1. The molecule has 1 aliphatic carbocycles. The summed E-state index contributed by atoms with van der Waals surface area (Å²) in [6.07, 6.45) is 3.68. The Morgan fingerprint density at radius 2 is 1.97 bits per heavy atom. The van der Waals surface area contributed by atoms with Crippen LogP contribution in [0.25, 0.3) is 10.9 Å². The van der Waals surface area contributed by atoms with Gasteiger partial charge in [0.2, 0.25) is 5.43 Å². The third-order valence-electron chi connectivity index (χ3n) is 6.93. The molecule has 37 heavy (non-hydrogen) atoms. The maximum atomic E-state index is 15.7. The minimum atomic E-state index is -0.483. The maximum absolute atomic E-state index is 15.7. The smallest absolute Gasteiger partial charge is 0.200 e. The first kappa shape index (κ1) is 26.0. The molecule has 0 radical (unpaired) electrons. The minimum absolute atomic E-state index is 0.108. The predicted molar refractivity (Wildman–Crippen MR) is 151 cm³/mol. The van der Waals surface area contributed by atoms with Crippen LogP contribution in [0.2, 0.25) is 5.02 Å². The third-order valence-corrected chi connectivity index (χ3v) is 7.90. The molecule has 2 fully saturated rings. The Labute approximate surface area is 228 Å². The molecular formula is C27H30BrClFN5O2. The van der Waals surface area contributed by atoms with Crippen molar-refractivity contribution in [2.45, 2.75) is 51.4 Å². The fourth-order valence-electron chi connectivity index (χ4n) is 5.17. The number of fused-ring (bicyclic) bond motifs is 1. The Hall–Kier alpha value is -2.62. The van der Waals surface area contributed by atoms with Gasteiger partial charge < -0.3 is 25.3 Å². The van der Waals surface area contributed by atoms with Crippen molar-refractivity contribution < 1.29 is 9.13 Å². The van der Waals surface area contributed by atoms with Gasteiger partial charge >= 0.3 is 0 Å². The average Bonchev–Trinajstić information content (AvgIpc) is 3.68. The highest BCUT2D eigenvalue weighted by Crippen LogP contribution is 2.44. The Morgan fingerprint density at radius 3 is 2.59 bits per heavy atom. The summed E-state index contributed by atoms with van der Waals surface area (Å²) in [6, 6.07) is 7.31. The lowest BCUT2D eigenvalue weighted by Gasteiger charge is -2.38. The molecule has 2 aromatic carbocycles. The molecule has 10 heteroatoms. The van der Waals surface area contributed by atoms with Gasteiger partial charge in [0, 0.05) is 46.9 Å². The number of methoxy groups -OCH3 is 1. The van der Waals surface area contributed by atoms with E-state index in [0.717, 1.165) is 22.9 Å². The highest BCUT2D eigenvalue weighted by atomic mass is 79.9. The molecule has 2 unspecified atom stereocenters. The molecule has 2 aliphatic rings. The molecule has 1 aliphatic heterocycles. The van der Waals surface area contributed by atoms with Gasteiger partial charge in [-0.05, 0) is 50.5 Å². The number of pyridine rings is 1. The molecule has 0 bridgehead atoms. The molecule has 2 heterocycles. The SMILES string of the molecule is COc1c(N2CC(C)NC(C)C2)c(F)cc2c(=O)c(C(N)=NCc3ccc(Cl)cc3Br)cn(C3CC3)c12. The quantitative estimate of drug-likeness (QED) is 0.312. The van der Waals surface area contributed by atoms with Crippen molar-refractivity contribution in [3.63, 3.8) is 0 Å². The largest absolute Gasteiger partial charge is 0.492 e. The Bertz CT molecular complexity index is 1450. The number of nitrogens with two attached hydrogens (primary N) is 1. The number of benzene rings is 2. The van der Waals surface area contributed by atoms with Gasteiger partial charge in [-0.25, -0.2) is 4.39 Å². The van der Waals surface area contributed by atoms with Gasteiger partial charge in [-0.2, -0.15) is 0 Å². The van der Waals surface area contributed by atoms with Crippen molar-refractivity contribution in [1.82, 2.24) is 9.88 Å². The van der Waals surface area contributed by atoms with Crippen molar-refractivity contribution >= 4 is 50.0 Å². The van der Waals surface area contributed by atoms with E-state index in [1.165, 1.54) is 13.2 Å². The molecule has 2 atom stereocenters. The van der Waals surface area contributed by atoms with E-state index in [2.05, 4.69) is 40.1 Å². The zero-order chi connectivity index (χ0) is 26.4. The average molecular weight is 591 g/mol. The van der Waals surface area contributed by atoms with E-state index < -0.39 is 5.82 Å². The number of ether oxygens (including phenoxy) is 1.